The van der Waals surface area contributed by atoms with Crippen molar-refractivity contribution in [2.24, 2.45) is 0 Å². The van der Waals surface area contributed by atoms with Crippen LogP contribution in [0.1, 0.15) is 43.6 Å². The van der Waals surface area contributed by atoms with E-state index in [9.17, 15) is 31.0 Å². The molecule has 18 heteroatoms. The number of fused-ring (bicyclic) bond motifs is 2. The number of aromatic nitrogens is 2. The van der Waals surface area contributed by atoms with Crippen LogP contribution in [-0.2, 0) is 56.3 Å². The Balaban J connectivity index is 0.00000625. The van der Waals surface area contributed by atoms with Crippen molar-refractivity contribution < 1.29 is 74.9 Å². The number of benzene rings is 2. The number of allylic oxidation sites excluding steroid dienone is 2. The predicted octanol–water partition coefficient (Wildman–Crippen LogP) is 1.01. The van der Waals surface area contributed by atoms with Gasteiger partial charge < -0.3 is 24.0 Å². The largest absolute Gasteiger partial charge is 1.00 e. The van der Waals surface area contributed by atoms with E-state index in [-0.39, 0.29) is 68.7 Å². The second kappa shape index (κ2) is 17.6. The van der Waals surface area contributed by atoms with Crippen molar-refractivity contribution in [3.05, 3.63) is 68.7 Å². The molecule has 0 saturated carbocycles. The number of hydrogen-bond donors (Lipinski definition) is 1. The summed E-state index contributed by atoms with van der Waals surface area (Å²) in [5, 5.41) is 10.4. The molecule has 0 aliphatic carbocycles. The van der Waals surface area contributed by atoms with E-state index >= 15 is 0 Å². The van der Waals surface area contributed by atoms with Crippen molar-refractivity contribution in [1.29, 1.82) is 0 Å². The van der Waals surface area contributed by atoms with Gasteiger partial charge in [0.25, 0.3) is 5.82 Å². The first kappa shape index (κ1) is 40.9. The van der Waals surface area contributed by atoms with E-state index in [1.54, 1.807) is 6.07 Å². The minimum absolute atomic E-state index is 0. The maximum atomic E-state index is 11.4. The van der Waals surface area contributed by atoms with Gasteiger partial charge in [-0.05, 0) is 56.5 Å². The molecule has 1 N–H and O–H groups in total. The normalized spacial score (nSPS) is 14.5. The van der Waals surface area contributed by atoms with Gasteiger partial charge >= 0.3 is 29.6 Å². The minimum atomic E-state index is -4.42. The van der Waals surface area contributed by atoms with Gasteiger partial charge in [-0.15, -0.1) is 0 Å². The van der Waals surface area contributed by atoms with Crippen LogP contribution in [0.2, 0.25) is 5.02 Å². The molecule has 4 rings (SSSR count). The number of aliphatic hydroxyl groups excluding tert-OH is 1. The smallest absolute Gasteiger partial charge is 0.748 e. The Morgan fingerprint density at radius 1 is 0.979 bits per heavy atom. The molecule has 48 heavy (non-hydrogen) atoms. The van der Waals surface area contributed by atoms with Gasteiger partial charge in [0.05, 0.1) is 58.4 Å². The van der Waals surface area contributed by atoms with Crippen molar-refractivity contribution >= 4 is 76.3 Å². The first-order valence-electron chi connectivity index (χ1n) is 14.9. The number of nitrogens with zero attached hydrogens (tertiary/aromatic N) is 4. The van der Waals surface area contributed by atoms with E-state index in [2.05, 4.69) is 15.9 Å². The number of halogens is 2. The van der Waals surface area contributed by atoms with Crippen molar-refractivity contribution in [3.8, 4) is 0 Å². The zero-order valence-corrected chi connectivity index (χ0v) is 33.2. The number of aryl methyl sites for hydroxylation is 2. The Morgan fingerprint density at radius 2 is 1.65 bits per heavy atom. The molecule has 3 aromatic rings. The third-order valence-electron chi connectivity index (χ3n) is 7.73. The molecular formula is C30H37BrClN4NaO9S2. The summed E-state index contributed by atoms with van der Waals surface area (Å²) in [5.74, 6) is 0.404. The van der Waals surface area contributed by atoms with Crippen LogP contribution in [0.5, 0.6) is 0 Å². The van der Waals surface area contributed by atoms with Crippen LogP contribution in [-0.4, -0.2) is 67.3 Å². The molecule has 258 valence electrons. The molecule has 2 aromatic carbocycles. The summed E-state index contributed by atoms with van der Waals surface area (Å²) in [7, 11) is -7.45. The van der Waals surface area contributed by atoms with Crippen LogP contribution < -0.4 is 43.9 Å². The topological polar surface area (TPSA) is 168 Å². The zero-order chi connectivity index (χ0) is 34.5. The van der Waals surface area contributed by atoms with Crippen LogP contribution in [0.4, 0.5) is 11.4 Å². The standard InChI is InChI=1S/C30H38BrClN4O9S2.Na/c1-4-33-27-17-23(31)21(19-37)15-25(27)35(11-7-13-46(38,39)40)29(33)9-6-10-30-34(5-2)28-18-24(32)22(20-45-44-3)16-26(28)36(30)12-8-14-47(41,42)43;/h6,9-10,15-18,37H,4-5,7-8,11-14,19-20H2,1-3H3,(H-,38,39,40,41,42,43);/q;+1/p-1. The van der Waals surface area contributed by atoms with Crippen molar-refractivity contribution in [2.45, 2.75) is 53.0 Å². The number of rotatable bonds is 16. The maximum absolute atomic E-state index is 11.4. The third kappa shape index (κ3) is 9.82. The van der Waals surface area contributed by atoms with E-state index in [1.807, 2.05) is 69.2 Å². The summed E-state index contributed by atoms with van der Waals surface area (Å²) in [6.45, 7) is 5.39. The molecular weight excluding hydrogens is 763 g/mol. The van der Waals surface area contributed by atoms with Crippen LogP contribution in [0.3, 0.4) is 0 Å². The van der Waals surface area contributed by atoms with Gasteiger partial charge in [0.2, 0.25) is 0 Å². The van der Waals surface area contributed by atoms with E-state index in [4.69, 9.17) is 21.4 Å². The molecule has 2 heterocycles. The van der Waals surface area contributed by atoms with Gasteiger partial charge in [0, 0.05) is 51.8 Å². The fourth-order valence-electron chi connectivity index (χ4n) is 5.71. The van der Waals surface area contributed by atoms with Gasteiger partial charge in [-0.3, -0.25) is 0 Å². The predicted molar refractivity (Wildman–Crippen MR) is 181 cm³/mol. The fourth-order valence-corrected chi connectivity index (χ4v) is 7.34. The molecule has 1 aliphatic heterocycles. The second-order valence-corrected chi connectivity index (χ2v) is 15.0. The van der Waals surface area contributed by atoms with Crippen LogP contribution in [0.15, 0.2) is 46.7 Å². The Kier molecular flexibility index (Phi) is 15.0. The number of imidazole rings is 1. The first-order valence-corrected chi connectivity index (χ1v) is 19.2. The molecule has 0 spiro atoms. The summed E-state index contributed by atoms with van der Waals surface area (Å²) in [6, 6.07) is 7.38. The van der Waals surface area contributed by atoms with E-state index in [0.717, 1.165) is 38.5 Å². The molecule has 13 nitrogen and oxygen atoms in total. The zero-order valence-electron chi connectivity index (χ0n) is 27.2. The van der Waals surface area contributed by atoms with E-state index < -0.39 is 31.7 Å². The molecule has 0 unspecified atom stereocenters. The number of aliphatic hydroxyl groups is 1. The van der Waals surface area contributed by atoms with E-state index in [0.29, 0.717) is 29.2 Å². The summed E-state index contributed by atoms with van der Waals surface area (Å²) in [5.41, 5.74) is 4.47. The Bertz CT molecular complexity index is 1900. The third-order valence-corrected chi connectivity index (χ3v) is 10.4. The van der Waals surface area contributed by atoms with Crippen LogP contribution in [0, 0.1) is 0 Å². The molecule has 0 amide bonds. The van der Waals surface area contributed by atoms with E-state index in [1.165, 1.54) is 7.11 Å². The number of anilines is 2. The maximum Gasteiger partial charge on any atom is 1.00 e. The molecule has 0 bridgehead atoms. The minimum Gasteiger partial charge on any atom is -0.748 e. The van der Waals surface area contributed by atoms with Gasteiger partial charge in [-0.2, -0.15) is 0 Å². The molecule has 0 fully saturated rings. The quantitative estimate of drug-likeness (QED) is 0.0723. The van der Waals surface area contributed by atoms with Crippen molar-refractivity contribution in [2.75, 3.05) is 41.5 Å². The average molecular weight is 800 g/mol. The first-order chi connectivity index (χ1) is 22.2. The Morgan fingerprint density at radius 3 is 2.25 bits per heavy atom. The Hall–Kier alpha value is -1.54. The summed E-state index contributed by atoms with van der Waals surface area (Å²) < 4.78 is 73.1. The van der Waals surface area contributed by atoms with Crippen LogP contribution >= 0.6 is 27.5 Å². The van der Waals surface area contributed by atoms with Gasteiger partial charge in [-0.1, -0.05) is 33.6 Å². The fraction of sp³-hybridized carbons (Fsp3) is 0.433. The second-order valence-electron chi connectivity index (χ2n) is 10.7. The van der Waals surface area contributed by atoms with Crippen molar-refractivity contribution in [1.82, 2.24) is 4.57 Å². The molecule has 0 radical (unpaired) electrons. The SMILES string of the molecule is CCN1/C(=C\C=C\c2n(CC)c3cc(Br)c(CO)cc3[n+]2CCCS(=O)(=O)[O-])N(CCCS(=O)(=O)[O-])c2cc(COOC)c(Cl)cc21.[Na+]. The molecule has 0 atom stereocenters. The summed E-state index contributed by atoms with van der Waals surface area (Å²) in [4.78, 5) is 13.8. The average Bonchev–Trinajstić information content (AvgIpc) is 3.43. The van der Waals surface area contributed by atoms with Crippen LogP contribution in [0.25, 0.3) is 17.1 Å². The van der Waals surface area contributed by atoms with Gasteiger partial charge in [-0.25, -0.2) is 35.7 Å². The van der Waals surface area contributed by atoms with Gasteiger partial charge in [0.15, 0.2) is 11.0 Å². The summed E-state index contributed by atoms with van der Waals surface area (Å²) in [6.07, 6.45) is 5.76. The summed E-state index contributed by atoms with van der Waals surface area (Å²) >= 11 is 10.1. The number of hydrogen-bond acceptors (Lipinski definition) is 11. The molecule has 1 aliphatic rings. The Labute approximate surface area is 316 Å². The molecule has 1 aromatic heterocycles. The molecule has 0 saturated heterocycles. The monoisotopic (exact) mass is 798 g/mol. The van der Waals surface area contributed by atoms with Gasteiger partial charge in [0.1, 0.15) is 12.4 Å². The van der Waals surface area contributed by atoms with Crippen molar-refractivity contribution in [3.63, 3.8) is 0 Å².